The van der Waals surface area contributed by atoms with Crippen LogP contribution in [0, 0.1) is 0 Å². The number of aromatic nitrogens is 1. The number of benzene rings is 1. The first-order valence-electron chi connectivity index (χ1n) is 6.24. The highest BCUT2D eigenvalue weighted by molar-refractivity contribution is 6.33. The highest BCUT2D eigenvalue weighted by Gasteiger charge is 2.34. The zero-order valence-electron chi connectivity index (χ0n) is 11.0. The first kappa shape index (κ1) is 15.1. The van der Waals surface area contributed by atoms with Gasteiger partial charge in [0.2, 0.25) is 0 Å². The smallest absolute Gasteiger partial charge is 0.119 e. The highest BCUT2D eigenvalue weighted by Crippen LogP contribution is 2.39. The molecule has 0 unspecified atom stereocenters. The van der Waals surface area contributed by atoms with Gasteiger partial charge < -0.3 is 10.5 Å². The molecule has 1 heterocycles. The summed E-state index contributed by atoms with van der Waals surface area (Å²) in [6.07, 6.45) is 2.95. The summed E-state index contributed by atoms with van der Waals surface area (Å²) in [6.45, 7) is 0. The number of nitrogens with zero attached hydrogens (tertiary/aromatic N) is 1. The first-order chi connectivity index (χ1) is 9.19. The van der Waals surface area contributed by atoms with Crippen molar-refractivity contribution in [2.24, 2.45) is 5.73 Å². The molecule has 1 aromatic heterocycles. The van der Waals surface area contributed by atoms with Gasteiger partial charge in [-0.25, -0.2) is 0 Å². The summed E-state index contributed by atoms with van der Waals surface area (Å²) in [6, 6.07) is 9.92. The molecule has 0 aliphatic heterocycles. The van der Waals surface area contributed by atoms with Crippen LogP contribution in [-0.2, 0) is 0 Å². The number of nitrogens with two attached hydrogens (primary N) is 1. The quantitative estimate of drug-likeness (QED) is 0.941. The molecular weight excluding hydrogens is 295 g/mol. The third-order valence-electron chi connectivity index (χ3n) is 3.50. The second-order valence-electron chi connectivity index (χ2n) is 4.83. The minimum absolute atomic E-state index is 0. The SMILES string of the molecule is COc1ccc(Cl)c(-c2ccc([C@H]3C[C@@H]3N)cn2)c1.Cl. The van der Waals surface area contributed by atoms with Crippen molar-refractivity contribution >= 4 is 24.0 Å². The minimum Gasteiger partial charge on any atom is -0.497 e. The summed E-state index contributed by atoms with van der Waals surface area (Å²) >= 11 is 6.21. The Morgan fingerprint density at radius 1 is 1.30 bits per heavy atom. The molecule has 20 heavy (non-hydrogen) atoms. The van der Waals surface area contributed by atoms with Gasteiger partial charge in [0.25, 0.3) is 0 Å². The van der Waals surface area contributed by atoms with Crippen LogP contribution >= 0.6 is 24.0 Å². The summed E-state index contributed by atoms with van der Waals surface area (Å²) in [5, 5.41) is 0.671. The topological polar surface area (TPSA) is 48.1 Å². The van der Waals surface area contributed by atoms with Gasteiger partial charge in [0.05, 0.1) is 17.8 Å². The molecule has 0 saturated heterocycles. The normalized spacial score (nSPS) is 20.1. The average Bonchev–Trinajstić information content (AvgIpc) is 3.17. The lowest BCUT2D eigenvalue weighted by Gasteiger charge is -2.07. The van der Waals surface area contributed by atoms with Gasteiger partial charge in [-0.3, -0.25) is 4.98 Å². The summed E-state index contributed by atoms with van der Waals surface area (Å²) in [4.78, 5) is 4.49. The van der Waals surface area contributed by atoms with Crippen molar-refractivity contribution in [2.75, 3.05) is 7.11 Å². The van der Waals surface area contributed by atoms with Crippen molar-refractivity contribution in [2.45, 2.75) is 18.4 Å². The molecule has 0 amide bonds. The number of methoxy groups -OCH3 is 1. The van der Waals surface area contributed by atoms with E-state index in [2.05, 4.69) is 11.1 Å². The number of halogens is 2. The van der Waals surface area contributed by atoms with Crippen molar-refractivity contribution in [1.29, 1.82) is 0 Å². The maximum atomic E-state index is 6.21. The van der Waals surface area contributed by atoms with Crippen LogP contribution in [-0.4, -0.2) is 18.1 Å². The monoisotopic (exact) mass is 310 g/mol. The summed E-state index contributed by atoms with van der Waals surface area (Å²) in [7, 11) is 1.64. The molecule has 1 aliphatic rings. The van der Waals surface area contributed by atoms with Gasteiger partial charge in [-0.05, 0) is 36.2 Å². The van der Waals surface area contributed by atoms with Crippen LogP contribution in [0.2, 0.25) is 5.02 Å². The predicted octanol–water partition coefficient (Wildman–Crippen LogP) is 3.65. The van der Waals surface area contributed by atoms with Gasteiger partial charge in [0.1, 0.15) is 5.75 Å². The first-order valence-corrected chi connectivity index (χ1v) is 6.62. The van der Waals surface area contributed by atoms with E-state index in [1.807, 2.05) is 30.5 Å². The lowest BCUT2D eigenvalue weighted by molar-refractivity contribution is 0.415. The van der Waals surface area contributed by atoms with Crippen LogP contribution in [0.25, 0.3) is 11.3 Å². The van der Waals surface area contributed by atoms with Gasteiger partial charge >= 0.3 is 0 Å². The zero-order valence-corrected chi connectivity index (χ0v) is 12.6. The van der Waals surface area contributed by atoms with Crippen molar-refractivity contribution < 1.29 is 4.74 Å². The summed E-state index contributed by atoms with van der Waals surface area (Å²) < 4.78 is 5.21. The van der Waals surface area contributed by atoms with E-state index in [1.54, 1.807) is 7.11 Å². The Morgan fingerprint density at radius 2 is 2.05 bits per heavy atom. The fraction of sp³-hybridized carbons (Fsp3) is 0.267. The summed E-state index contributed by atoms with van der Waals surface area (Å²) in [5.41, 5.74) is 8.78. The van der Waals surface area contributed by atoms with Crippen LogP contribution in [0.15, 0.2) is 36.5 Å². The number of pyridine rings is 1. The van der Waals surface area contributed by atoms with E-state index >= 15 is 0 Å². The van der Waals surface area contributed by atoms with Crippen LogP contribution in [0.3, 0.4) is 0 Å². The van der Waals surface area contributed by atoms with Crippen molar-refractivity contribution in [1.82, 2.24) is 4.98 Å². The number of rotatable bonds is 3. The highest BCUT2D eigenvalue weighted by atomic mass is 35.5. The Bertz CT molecular complexity index is 601. The van der Waals surface area contributed by atoms with Crippen molar-refractivity contribution in [3.8, 4) is 17.0 Å². The van der Waals surface area contributed by atoms with Crippen LogP contribution in [0.5, 0.6) is 5.75 Å². The minimum atomic E-state index is 0. The Morgan fingerprint density at radius 3 is 2.60 bits per heavy atom. The molecule has 3 rings (SSSR count). The van der Waals surface area contributed by atoms with Crippen LogP contribution in [0.1, 0.15) is 17.9 Å². The Hall–Kier alpha value is -1.29. The van der Waals surface area contributed by atoms with Crippen molar-refractivity contribution in [3.63, 3.8) is 0 Å². The van der Waals surface area contributed by atoms with E-state index in [4.69, 9.17) is 22.1 Å². The van der Waals surface area contributed by atoms with Crippen molar-refractivity contribution in [3.05, 3.63) is 47.1 Å². The van der Waals surface area contributed by atoms with E-state index < -0.39 is 0 Å². The van der Waals surface area contributed by atoms with Crippen LogP contribution in [0.4, 0.5) is 0 Å². The van der Waals surface area contributed by atoms with E-state index in [0.29, 0.717) is 17.0 Å². The molecule has 1 aliphatic carbocycles. The molecular formula is C15H16Cl2N2O. The Labute approximate surface area is 129 Å². The fourth-order valence-electron chi connectivity index (χ4n) is 2.21. The average molecular weight is 311 g/mol. The number of hydrogen-bond donors (Lipinski definition) is 1. The lowest BCUT2D eigenvalue weighted by Crippen LogP contribution is -2.01. The number of hydrogen-bond acceptors (Lipinski definition) is 3. The molecule has 2 N–H and O–H groups in total. The standard InChI is InChI=1S/C15H15ClN2O.ClH/c1-19-10-3-4-13(16)12(6-10)15-5-2-9(8-18-15)11-7-14(11)17;/h2-6,8,11,14H,7,17H2,1H3;1H/t11-,14+;/m1./s1. The van der Waals surface area contributed by atoms with E-state index in [-0.39, 0.29) is 12.4 Å². The van der Waals surface area contributed by atoms with Gasteiger partial charge in [-0.1, -0.05) is 17.7 Å². The molecule has 106 valence electrons. The van der Waals surface area contributed by atoms with Gasteiger partial charge in [0, 0.05) is 23.7 Å². The zero-order chi connectivity index (χ0) is 13.4. The maximum Gasteiger partial charge on any atom is 0.119 e. The molecule has 0 radical (unpaired) electrons. The molecule has 2 atom stereocenters. The Balaban J connectivity index is 0.00000147. The van der Waals surface area contributed by atoms with Gasteiger partial charge in [-0.2, -0.15) is 0 Å². The molecule has 2 aromatic rings. The van der Waals surface area contributed by atoms with Crippen LogP contribution < -0.4 is 10.5 Å². The Kier molecular flexibility index (Phi) is 4.53. The fourth-order valence-corrected chi connectivity index (χ4v) is 2.42. The molecule has 5 heteroatoms. The molecule has 1 aromatic carbocycles. The second-order valence-corrected chi connectivity index (χ2v) is 5.24. The second kappa shape index (κ2) is 6.00. The number of ether oxygens (including phenoxy) is 1. The summed E-state index contributed by atoms with van der Waals surface area (Å²) in [5.74, 6) is 1.25. The lowest BCUT2D eigenvalue weighted by atomic mass is 10.1. The molecule has 1 fully saturated rings. The molecule has 0 bridgehead atoms. The molecule has 0 spiro atoms. The third kappa shape index (κ3) is 2.90. The van der Waals surface area contributed by atoms with Gasteiger partial charge in [0.15, 0.2) is 0 Å². The van der Waals surface area contributed by atoms with E-state index in [9.17, 15) is 0 Å². The maximum absolute atomic E-state index is 6.21. The van der Waals surface area contributed by atoms with E-state index in [1.165, 1.54) is 5.56 Å². The largest absolute Gasteiger partial charge is 0.497 e. The predicted molar refractivity (Wildman–Crippen MR) is 83.8 cm³/mol. The van der Waals surface area contributed by atoms with Gasteiger partial charge in [-0.15, -0.1) is 12.4 Å². The molecule has 3 nitrogen and oxygen atoms in total. The third-order valence-corrected chi connectivity index (χ3v) is 3.83. The molecule has 1 saturated carbocycles. The van der Waals surface area contributed by atoms with E-state index in [0.717, 1.165) is 23.4 Å².